The van der Waals surface area contributed by atoms with E-state index in [9.17, 15) is 73.0 Å². The number of hydrogen-bond donors (Lipinski definition) is 9. The molecule has 5 amide bonds. The van der Waals surface area contributed by atoms with E-state index < -0.39 is 75.8 Å². The van der Waals surface area contributed by atoms with E-state index in [1.807, 2.05) is 0 Å². The molecule has 0 radical (unpaired) electrons. The summed E-state index contributed by atoms with van der Waals surface area (Å²) in [5.41, 5.74) is 14.0. The molecule has 5 aromatic carbocycles. The van der Waals surface area contributed by atoms with Crippen molar-refractivity contribution >= 4 is 101 Å². The number of esters is 5. The topological polar surface area (TPSA) is 494 Å². The van der Waals surface area contributed by atoms with E-state index >= 15 is 0 Å². The number of amides is 5. The van der Waals surface area contributed by atoms with Crippen LogP contribution in [0.2, 0.25) is 0 Å². The predicted octanol–water partition coefficient (Wildman–Crippen LogP) is 21.8. The third-order valence-electron chi connectivity index (χ3n) is 20.9. The van der Waals surface area contributed by atoms with E-state index in [0.29, 0.717) is 73.2 Å². The molecule has 0 bridgehead atoms. The predicted molar refractivity (Wildman–Crippen MR) is 533 cm³/mol. The summed E-state index contributed by atoms with van der Waals surface area (Å²) in [7, 11) is 0. The zero-order valence-electron chi connectivity index (χ0n) is 82.4. The van der Waals surface area contributed by atoms with Crippen molar-refractivity contribution in [2.24, 2.45) is 5.73 Å². The van der Waals surface area contributed by atoms with Crippen LogP contribution in [0.3, 0.4) is 0 Å². The number of nitrogens with two attached hydrogens (primary N) is 2. The lowest BCUT2D eigenvalue weighted by atomic mass is 10.1. The third-order valence-corrected chi connectivity index (χ3v) is 20.9. The van der Waals surface area contributed by atoms with Crippen molar-refractivity contribution in [2.45, 2.75) is 356 Å². The van der Waals surface area contributed by atoms with Crippen LogP contribution in [0, 0.1) is 26.8 Å². The Morgan fingerprint density at radius 2 is 0.566 bits per heavy atom. The molecule has 0 aliphatic rings. The summed E-state index contributed by atoms with van der Waals surface area (Å²) in [4.78, 5) is 159. The van der Waals surface area contributed by atoms with Gasteiger partial charge in [-0.1, -0.05) is 284 Å². The zero-order chi connectivity index (χ0) is 102. The van der Waals surface area contributed by atoms with Crippen molar-refractivity contribution in [3.8, 4) is 0 Å². The van der Waals surface area contributed by atoms with Gasteiger partial charge in [0.05, 0.1) is 55.0 Å². The lowest BCUT2D eigenvalue weighted by Gasteiger charge is -2.13. The molecule has 760 valence electrons. The van der Waals surface area contributed by atoms with Crippen molar-refractivity contribution in [3.63, 3.8) is 0 Å². The maximum Gasteiger partial charge on any atom is 0.335 e. The highest BCUT2D eigenvalue weighted by atomic mass is 16.6. The smallest absolute Gasteiger partial charge is 0.335 e. The van der Waals surface area contributed by atoms with Gasteiger partial charge in [0.25, 0.3) is 41.5 Å². The van der Waals surface area contributed by atoms with Crippen LogP contribution in [-0.2, 0) is 57.2 Å². The molecule has 11 N–H and O–H groups in total. The molecule has 0 saturated carbocycles. The fraction of sp³-hybridized carbons (Fsp3) is 0.583. The van der Waals surface area contributed by atoms with Gasteiger partial charge in [0, 0.05) is 59.3 Å². The molecule has 0 unspecified atom stereocenters. The summed E-state index contributed by atoms with van der Waals surface area (Å²) >= 11 is 0. The highest BCUT2D eigenvalue weighted by molar-refractivity contribution is 5.99. The molecule has 136 heavy (non-hydrogen) atoms. The second kappa shape index (κ2) is 84.5. The maximum atomic E-state index is 12.1. The number of nitrogens with zero attached hydrogens (tertiary/aromatic N) is 3. The number of hydrogen-bond acceptors (Lipinski definition) is 23. The Kier molecular flexibility index (Phi) is 78.2. The van der Waals surface area contributed by atoms with E-state index in [2.05, 4.69) is 66.0 Å². The molecule has 5 rings (SSSR count). The number of carbonyl (C=O) groups is 12. The number of carbonyl (C=O) groups excluding carboxylic acids is 10. The Hall–Kier alpha value is -12.2. The number of nitro benzene ring substituents is 2. The average Bonchev–Trinajstić information content (AvgIpc) is 0.891. The number of nitrogen functional groups attached to an aromatic ring is 1. The van der Waals surface area contributed by atoms with Gasteiger partial charge in [0.2, 0.25) is 6.41 Å². The molecule has 5 atom stereocenters. The number of nitrogens with one attached hydrogen (secondary N) is 5. The fourth-order valence-corrected chi connectivity index (χ4v) is 12.6. The number of benzene rings is 5. The van der Waals surface area contributed by atoms with Gasteiger partial charge in [0.15, 0.2) is 5.69 Å². The third kappa shape index (κ3) is 67.9. The van der Waals surface area contributed by atoms with E-state index in [1.165, 1.54) is 223 Å². The van der Waals surface area contributed by atoms with Gasteiger partial charge >= 0.3 is 35.8 Å². The maximum absolute atomic E-state index is 12.1. The van der Waals surface area contributed by atoms with Crippen LogP contribution in [0.1, 0.15) is 379 Å². The standard InChI is InChI=1S/C21H32N2O4.C21H30N2O3.C20H30N2O5.C20H32N2O3.C13H27NO2.C7H5NO4.CH2O2.H2/c1-3-4-5-6-7-8-9-10-15-27-21(26)17(2)23-20(25)18-11-13-19(14-12-18)22-16-24;1-4-5-6-7-8-9-10-11-16-26-21(25)17(2)23-20(24)18-12-14-19(22-3)15-13-18;1-3-4-5-6-7-8-9-10-15-27-20(24)16(2)21-19(23)17-11-13-18(14-12-17)22(25)26;1-3-4-5-6-7-8-9-10-15-25-20(24)16(2)22-19(23)17-11-13-18(21)14-12-17;1-3-4-5-6-7-8-9-10-11-16-13(15)12(2)14;9-7(10)5-1-3-6(4-2-5)8(11)12;2-1-3;/h11-14,16-17H,3-10,15H2,1-2H3,(H,22,24)(H,23,25);12-15,17H,4-11,16H2,1-2H3,(H,23,24);11-14,16H,3-10,15H2,1-2H3,(H,21,23);11-14,16H,3-10,15,21H2,1-2H3,(H,22,23);12H,3-11,14H2,1-2H3;1-4H,(H,9,10);1H,(H,2,3);1H/t2*17-;2*16-;12-;;;/m00000.../s1. The van der Waals surface area contributed by atoms with Crippen molar-refractivity contribution in [1.29, 1.82) is 0 Å². The molecular weight excluding hydrogens is 1750 g/mol. The fourth-order valence-electron chi connectivity index (χ4n) is 12.6. The zero-order valence-corrected chi connectivity index (χ0v) is 82.4. The summed E-state index contributed by atoms with van der Waals surface area (Å²) in [6, 6.07) is 25.8. The molecule has 0 spiro atoms. The Bertz CT molecular complexity index is 4110. The minimum Gasteiger partial charge on any atom is -0.483 e. The van der Waals surface area contributed by atoms with Crippen LogP contribution in [0.5, 0.6) is 0 Å². The Balaban J connectivity index is -0.00000159. The first-order chi connectivity index (χ1) is 65.4. The molecule has 0 aliphatic heterocycles. The van der Waals surface area contributed by atoms with Crippen LogP contribution < -0.4 is 38.1 Å². The number of carboxylic acid groups (broad SMARTS) is 2. The number of nitro groups is 2. The number of ether oxygens (including phenoxy) is 5. The highest BCUT2D eigenvalue weighted by Crippen LogP contribution is 2.19. The Morgan fingerprint density at radius 1 is 0.360 bits per heavy atom. The summed E-state index contributed by atoms with van der Waals surface area (Å²) in [5.74, 6) is -4.59. The first-order valence-electron chi connectivity index (χ1n) is 48.6. The quantitative estimate of drug-likeness (QED) is 0.00255. The van der Waals surface area contributed by atoms with E-state index in [0.717, 1.165) is 82.8 Å². The summed E-state index contributed by atoms with van der Waals surface area (Å²) in [5, 5.41) is 49.0. The van der Waals surface area contributed by atoms with Gasteiger partial charge < -0.3 is 71.9 Å². The second-order valence-corrected chi connectivity index (χ2v) is 32.9. The van der Waals surface area contributed by atoms with Crippen molar-refractivity contribution in [1.82, 2.24) is 21.3 Å². The number of non-ortho nitro benzene ring substituents is 2. The number of carboxylic acids is 1. The van der Waals surface area contributed by atoms with Crippen molar-refractivity contribution in [3.05, 3.63) is 181 Å². The van der Waals surface area contributed by atoms with Gasteiger partial charge in [-0.05, 0) is 140 Å². The number of rotatable bonds is 63. The van der Waals surface area contributed by atoms with Crippen molar-refractivity contribution in [2.75, 3.05) is 44.1 Å². The molecule has 5 aromatic rings. The summed E-state index contributed by atoms with van der Waals surface area (Å²) in [6.45, 7) is 27.8. The first-order valence-corrected chi connectivity index (χ1v) is 48.6. The molecule has 0 fully saturated rings. The normalized spacial score (nSPS) is 11.3. The SMILES string of the molecule is CCCCCCCCCCOC(=O)[C@H](C)N.CCCCCCCCCCOC(=O)[C@H](C)NC(=O)c1ccc(N)cc1.CCCCCCCCCCOC(=O)[C@H](C)NC(=O)c1ccc(NC=O)cc1.CCCCCCCCCCOC(=O)[C@H](C)NC(=O)c1ccc([N+](=O)[O-])cc1.O=C(O)c1ccc([N+](=O)[O-])cc1.O=CO.[C-]#[N+]c1ccc(C(=O)N[C@@H](C)C(=O)OCCCCCCCCCC)cc1.[HH]. The van der Waals surface area contributed by atoms with Gasteiger partial charge in [0.1, 0.15) is 30.2 Å². The Labute approximate surface area is 807 Å². The number of anilines is 2. The number of aromatic carboxylic acids is 1. The molecule has 0 saturated heterocycles. The first kappa shape index (κ1) is 126. The lowest BCUT2D eigenvalue weighted by molar-refractivity contribution is -0.385. The molecular formula is C103H160N10O23. The lowest BCUT2D eigenvalue weighted by Crippen LogP contribution is -2.39. The van der Waals surface area contributed by atoms with E-state index in [1.54, 1.807) is 107 Å². The average molecular weight is 1910 g/mol. The largest absolute Gasteiger partial charge is 0.483 e. The monoisotopic (exact) mass is 1910 g/mol. The highest BCUT2D eigenvalue weighted by Gasteiger charge is 2.23. The molecule has 33 heteroatoms. The van der Waals surface area contributed by atoms with Gasteiger partial charge in [-0.2, -0.15) is 0 Å². The summed E-state index contributed by atoms with van der Waals surface area (Å²) < 4.78 is 25.9. The molecule has 0 aliphatic carbocycles. The van der Waals surface area contributed by atoms with E-state index in [-0.39, 0.29) is 54.1 Å². The molecule has 33 nitrogen and oxygen atoms in total. The van der Waals surface area contributed by atoms with Crippen LogP contribution in [0.25, 0.3) is 4.85 Å². The van der Waals surface area contributed by atoms with Gasteiger partial charge in [-0.25, -0.2) is 28.8 Å². The minimum atomic E-state index is -1.09. The molecule has 0 aromatic heterocycles. The van der Waals surface area contributed by atoms with Crippen LogP contribution in [0.15, 0.2) is 121 Å². The van der Waals surface area contributed by atoms with E-state index in [4.69, 9.17) is 56.7 Å². The van der Waals surface area contributed by atoms with Gasteiger partial charge in [-0.3, -0.25) is 53.8 Å². The second-order valence-electron chi connectivity index (χ2n) is 32.9. The van der Waals surface area contributed by atoms with Crippen LogP contribution >= 0.6 is 0 Å². The minimum absolute atomic E-state index is 0. The van der Waals surface area contributed by atoms with Crippen LogP contribution in [0.4, 0.5) is 28.4 Å². The Morgan fingerprint density at radius 3 is 0.779 bits per heavy atom. The van der Waals surface area contributed by atoms with Crippen molar-refractivity contribution < 1.29 is 103 Å². The summed E-state index contributed by atoms with van der Waals surface area (Å²) in [6.07, 6.45) is 48.4. The molecule has 0 heterocycles. The number of unbranched alkanes of at least 4 members (excludes halogenated alkanes) is 35. The van der Waals surface area contributed by atoms with Crippen LogP contribution in [-0.4, -0.2) is 156 Å². The van der Waals surface area contributed by atoms with Gasteiger partial charge in [-0.15, -0.1) is 0 Å².